The Labute approximate surface area is 477 Å². The van der Waals surface area contributed by atoms with Crippen LogP contribution in [0.3, 0.4) is 0 Å². The summed E-state index contributed by atoms with van der Waals surface area (Å²) in [6.07, 6.45) is 85.9. The zero-order valence-corrected chi connectivity index (χ0v) is 51.0. The van der Waals surface area contributed by atoms with E-state index in [0.717, 1.165) is 103 Å². The van der Waals surface area contributed by atoms with Gasteiger partial charge >= 0.3 is 17.9 Å². The van der Waals surface area contributed by atoms with Crippen LogP contribution in [0.2, 0.25) is 0 Å². The van der Waals surface area contributed by atoms with Gasteiger partial charge in [0.15, 0.2) is 6.10 Å². The summed E-state index contributed by atoms with van der Waals surface area (Å²) in [5.74, 6) is -0.886. The normalized spacial score (nSPS) is 12.6. The lowest BCUT2D eigenvalue weighted by atomic mass is 10.0. The highest BCUT2D eigenvalue weighted by molar-refractivity contribution is 5.71. The molecular weight excluding hydrogens is 949 g/mol. The van der Waals surface area contributed by atoms with Crippen LogP contribution >= 0.6 is 0 Å². The molecule has 0 radical (unpaired) electrons. The van der Waals surface area contributed by atoms with E-state index in [1.807, 2.05) is 0 Å². The molecule has 0 aliphatic carbocycles. The van der Waals surface area contributed by atoms with Crippen molar-refractivity contribution in [1.29, 1.82) is 0 Å². The van der Waals surface area contributed by atoms with Crippen LogP contribution in [-0.2, 0) is 28.6 Å². The average Bonchev–Trinajstić information content (AvgIpc) is 3.43. The van der Waals surface area contributed by atoms with E-state index in [-0.39, 0.29) is 31.1 Å². The third-order valence-corrected chi connectivity index (χ3v) is 14.4. The van der Waals surface area contributed by atoms with E-state index in [4.69, 9.17) is 14.2 Å². The second kappa shape index (κ2) is 65.1. The summed E-state index contributed by atoms with van der Waals surface area (Å²) in [5, 5.41) is 0. The highest BCUT2D eigenvalue weighted by Crippen LogP contribution is 2.17. The van der Waals surface area contributed by atoms with Crippen LogP contribution < -0.4 is 0 Å². The van der Waals surface area contributed by atoms with Crippen molar-refractivity contribution in [2.75, 3.05) is 13.2 Å². The van der Waals surface area contributed by atoms with Crippen molar-refractivity contribution in [2.24, 2.45) is 0 Å². The van der Waals surface area contributed by atoms with Crippen LogP contribution in [0.4, 0.5) is 0 Å². The molecule has 1 unspecified atom stereocenters. The van der Waals surface area contributed by atoms with E-state index in [9.17, 15) is 14.4 Å². The maximum Gasteiger partial charge on any atom is 0.306 e. The number of esters is 3. The molecule has 0 N–H and O–H groups in total. The van der Waals surface area contributed by atoms with Gasteiger partial charge in [0.25, 0.3) is 0 Å². The monoisotopic (exact) mass is 1070 g/mol. The van der Waals surface area contributed by atoms with Crippen molar-refractivity contribution in [2.45, 2.75) is 335 Å². The molecule has 0 aromatic carbocycles. The van der Waals surface area contributed by atoms with Crippen molar-refractivity contribution in [3.63, 3.8) is 0 Å². The number of hydrogen-bond donors (Lipinski definition) is 0. The summed E-state index contributed by atoms with van der Waals surface area (Å²) in [5.41, 5.74) is 0. The second-order valence-electron chi connectivity index (χ2n) is 22.0. The molecule has 0 aromatic heterocycles. The molecule has 0 amide bonds. The Kier molecular flexibility index (Phi) is 62.2. The molecule has 6 nitrogen and oxygen atoms in total. The van der Waals surface area contributed by atoms with E-state index in [1.165, 1.54) is 186 Å². The van der Waals surface area contributed by atoms with E-state index >= 15 is 0 Å². The summed E-state index contributed by atoms with van der Waals surface area (Å²) in [7, 11) is 0. The lowest BCUT2D eigenvalue weighted by molar-refractivity contribution is -0.167. The van der Waals surface area contributed by atoms with E-state index in [0.29, 0.717) is 19.3 Å². The topological polar surface area (TPSA) is 78.9 Å². The molecular formula is C71H124O6. The molecule has 0 rings (SSSR count). The average molecular weight is 1070 g/mol. The smallest absolute Gasteiger partial charge is 0.306 e. The molecule has 0 spiro atoms. The number of rotatable bonds is 60. The zero-order chi connectivity index (χ0) is 55.7. The fourth-order valence-electron chi connectivity index (χ4n) is 9.39. The van der Waals surface area contributed by atoms with Gasteiger partial charge in [0.1, 0.15) is 13.2 Å². The zero-order valence-electron chi connectivity index (χ0n) is 51.0. The maximum absolute atomic E-state index is 12.9. The van der Waals surface area contributed by atoms with Crippen LogP contribution in [0.1, 0.15) is 329 Å². The highest BCUT2D eigenvalue weighted by Gasteiger charge is 2.19. The van der Waals surface area contributed by atoms with Crippen molar-refractivity contribution in [1.82, 2.24) is 0 Å². The molecule has 1 atom stereocenters. The van der Waals surface area contributed by atoms with Crippen LogP contribution in [-0.4, -0.2) is 37.2 Å². The summed E-state index contributed by atoms with van der Waals surface area (Å²) < 4.78 is 16.9. The molecule has 77 heavy (non-hydrogen) atoms. The van der Waals surface area contributed by atoms with Gasteiger partial charge in [-0.15, -0.1) is 0 Å². The van der Waals surface area contributed by atoms with Gasteiger partial charge in [-0.25, -0.2) is 0 Å². The van der Waals surface area contributed by atoms with Gasteiger partial charge in [-0.3, -0.25) is 14.4 Å². The number of allylic oxidation sites excluding steroid dienone is 14. The first-order valence-corrected chi connectivity index (χ1v) is 33.1. The molecule has 0 fully saturated rings. The molecule has 0 bridgehead atoms. The third kappa shape index (κ3) is 63.3. The molecule has 0 heterocycles. The van der Waals surface area contributed by atoms with Gasteiger partial charge in [-0.2, -0.15) is 0 Å². The Morgan fingerprint density at radius 3 is 0.844 bits per heavy atom. The van der Waals surface area contributed by atoms with E-state index in [2.05, 4.69) is 106 Å². The molecule has 0 saturated carbocycles. The standard InChI is InChI=1S/C71H124O6/c1-4-7-10-13-16-19-22-25-28-30-32-33-34-35-36-37-38-39-40-42-43-46-49-52-55-58-61-64-70(73)76-67-68(66-75-69(72)63-60-57-54-51-48-45-27-24-21-18-15-12-9-6-3)77-71(74)65-62-59-56-53-50-47-44-41-31-29-26-23-20-17-14-11-8-5-2/h7,10,15-16,18-19,24-25,27-29,31-33,68H,4-6,8-9,11-14,17,20-23,26,30,34-67H2,1-3H3/b10-7-,18-15-,19-16-,27-24-,28-25-,31-29-,33-32-. The maximum atomic E-state index is 12.9. The number of carbonyl (C=O) groups is 3. The molecule has 0 saturated heterocycles. The van der Waals surface area contributed by atoms with Gasteiger partial charge in [-0.1, -0.05) is 286 Å². The van der Waals surface area contributed by atoms with Crippen molar-refractivity contribution >= 4 is 17.9 Å². The number of unbranched alkanes of at least 4 members (excludes halogenated alkanes) is 35. The Bertz CT molecular complexity index is 1470. The molecule has 0 aromatic rings. The number of hydrogen-bond acceptors (Lipinski definition) is 6. The first-order chi connectivity index (χ1) is 38.0. The molecule has 0 aliphatic heterocycles. The third-order valence-electron chi connectivity index (χ3n) is 14.4. The minimum Gasteiger partial charge on any atom is -0.462 e. The molecule has 0 aliphatic rings. The van der Waals surface area contributed by atoms with E-state index in [1.54, 1.807) is 0 Å². The van der Waals surface area contributed by atoms with Crippen LogP contribution in [0.25, 0.3) is 0 Å². The van der Waals surface area contributed by atoms with Gasteiger partial charge in [0.2, 0.25) is 0 Å². The number of carbonyl (C=O) groups excluding carboxylic acids is 3. The Morgan fingerprint density at radius 2 is 0.519 bits per heavy atom. The predicted octanol–water partition coefficient (Wildman–Crippen LogP) is 22.7. The highest BCUT2D eigenvalue weighted by atomic mass is 16.6. The minimum atomic E-state index is -0.785. The Balaban J connectivity index is 4.29. The summed E-state index contributed by atoms with van der Waals surface area (Å²) in [6.45, 7) is 6.51. The van der Waals surface area contributed by atoms with Crippen molar-refractivity contribution < 1.29 is 28.6 Å². The summed E-state index contributed by atoms with van der Waals surface area (Å²) >= 11 is 0. The Hall–Kier alpha value is -3.41. The predicted molar refractivity (Wildman–Crippen MR) is 334 cm³/mol. The fourth-order valence-corrected chi connectivity index (χ4v) is 9.39. The van der Waals surface area contributed by atoms with Gasteiger partial charge in [-0.05, 0) is 109 Å². The summed E-state index contributed by atoms with van der Waals surface area (Å²) in [6, 6.07) is 0. The van der Waals surface area contributed by atoms with Gasteiger partial charge in [0, 0.05) is 19.3 Å². The van der Waals surface area contributed by atoms with Crippen LogP contribution in [0.15, 0.2) is 85.1 Å². The fraction of sp³-hybridized carbons (Fsp3) is 0.761. The largest absolute Gasteiger partial charge is 0.462 e. The van der Waals surface area contributed by atoms with Crippen LogP contribution in [0.5, 0.6) is 0 Å². The quantitative estimate of drug-likeness (QED) is 0.0261. The van der Waals surface area contributed by atoms with Crippen molar-refractivity contribution in [3.8, 4) is 0 Å². The lowest BCUT2D eigenvalue weighted by Gasteiger charge is -2.18. The summed E-state index contributed by atoms with van der Waals surface area (Å²) in [4.78, 5) is 38.3. The van der Waals surface area contributed by atoms with Gasteiger partial charge in [0.05, 0.1) is 0 Å². The molecule has 6 heteroatoms. The van der Waals surface area contributed by atoms with Crippen LogP contribution in [0, 0.1) is 0 Å². The van der Waals surface area contributed by atoms with Crippen molar-refractivity contribution in [3.05, 3.63) is 85.1 Å². The first kappa shape index (κ1) is 73.6. The minimum absolute atomic E-state index is 0.0809. The Morgan fingerprint density at radius 1 is 0.273 bits per heavy atom. The lowest BCUT2D eigenvalue weighted by Crippen LogP contribution is -2.30. The van der Waals surface area contributed by atoms with Gasteiger partial charge < -0.3 is 14.2 Å². The van der Waals surface area contributed by atoms with E-state index < -0.39 is 6.10 Å². The number of ether oxygens (including phenoxy) is 3. The molecule has 444 valence electrons. The second-order valence-corrected chi connectivity index (χ2v) is 22.0. The SMILES string of the molecule is CC/C=C\C/C=C\C/C=C\C/C=C\CCCCCCCCCCCCCCCCC(=O)OCC(COC(=O)CCCCCCC/C=C\C/C=C\CCCC)OC(=O)CCCCCCCCC/C=C\CCCCCCCCC. The first-order valence-electron chi connectivity index (χ1n) is 33.1.